The Bertz CT molecular complexity index is 518. The average Bonchev–Trinajstić information content (AvgIpc) is 2.34. The number of hydrogen-bond acceptors (Lipinski definition) is 4. The summed E-state index contributed by atoms with van der Waals surface area (Å²) in [6, 6.07) is 3.23. The van der Waals surface area contributed by atoms with E-state index >= 15 is 0 Å². The molecule has 2 N–H and O–H groups in total. The van der Waals surface area contributed by atoms with Gasteiger partial charge in [0.1, 0.15) is 0 Å². The number of methoxy groups -OCH3 is 1. The number of nitrogens with two attached hydrogens (primary N) is 1. The van der Waals surface area contributed by atoms with Crippen LogP contribution in [0.5, 0.6) is 0 Å². The molecule has 0 unspecified atom stereocenters. The van der Waals surface area contributed by atoms with Crippen molar-refractivity contribution in [2.24, 2.45) is 5.73 Å². The van der Waals surface area contributed by atoms with Gasteiger partial charge in [-0.2, -0.15) is 18.4 Å². The van der Waals surface area contributed by atoms with Crippen LogP contribution in [0.2, 0.25) is 0 Å². The van der Waals surface area contributed by atoms with E-state index in [0.29, 0.717) is 6.07 Å². The molecule has 4 nitrogen and oxygen atoms in total. The number of rotatable bonds is 2. The Labute approximate surface area is 101 Å². The van der Waals surface area contributed by atoms with Gasteiger partial charge in [0.15, 0.2) is 0 Å². The minimum Gasteiger partial charge on any atom is -0.465 e. The van der Waals surface area contributed by atoms with Gasteiger partial charge in [0.25, 0.3) is 0 Å². The van der Waals surface area contributed by atoms with Crippen LogP contribution in [0.1, 0.15) is 27.0 Å². The Morgan fingerprint density at radius 3 is 2.50 bits per heavy atom. The predicted octanol–water partition coefficient (Wildman–Crippen LogP) is 1.82. The van der Waals surface area contributed by atoms with Gasteiger partial charge in [0.2, 0.25) is 0 Å². The zero-order valence-electron chi connectivity index (χ0n) is 9.34. The number of benzene rings is 1. The zero-order chi connectivity index (χ0) is 13.9. The second-order valence-electron chi connectivity index (χ2n) is 3.36. The molecule has 7 heteroatoms. The summed E-state index contributed by atoms with van der Waals surface area (Å²) in [7, 11) is 0.964. The van der Waals surface area contributed by atoms with Crippen LogP contribution in [0.3, 0.4) is 0 Å². The minimum absolute atomic E-state index is 0.0254. The molecule has 0 aliphatic rings. The van der Waals surface area contributed by atoms with Crippen molar-refractivity contribution < 1.29 is 22.7 Å². The number of hydrogen-bond donors (Lipinski definition) is 1. The molecule has 0 bridgehead atoms. The minimum atomic E-state index is -4.72. The molecule has 1 aromatic carbocycles. The zero-order valence-corrected chi connectivity index (χ0v) is 9.34. The summed E-state index contributed by atoms with van der Waals surface area (Å²) < 4.78 is 42.6. The third-order valence-corrected chi connectivity index (χ3v) is 2.29. The lowest BCUT2D eigenvalue weighted by atomic mass is 9.98. The van der Waals surface area contributed by atoms with Crippen molar-refractivity contribution in [3.8, 4) is 6.07 Å². The highest BCUT2D eigenvalue weighted by Gasteiger charge is 2.36. The molecule has 0 heterocycles. The van der Waals surface area contributed by atoms with Crippen LogP contribution in [-0.2, 0) is 17.5 Å². The first-order valence-electron chi connectivity index (χ1n) is 4.77. The largest absolute Gasteiger partial charge is 0.465 e. The monoisotopic (exact) mass is 258 g/mol. The van der Waals surface area contributed by atoms with Gasteiger partial charge in [-0.05, 0) is 17.7 Å². The maximum Gasteiger partial charge on any atom is 0.417 e. The normalized spacial score (nSPS) is 10.9. The van der Waals surface area contributed by atoms with Crippen LogP contribution in [0.15, 0.2) is 12.1 Å². The van der Waals surface area contributed by atoms with Gasteiger partial charge in [-0.1, -0.05) is 0 Å². The Morgan fingerprint density at radius 2 is 2.11 bits per heavy atom. The van der Waals surface area contributed by atoms with Crippen LogP contribution in [0.25, 0.3) is 0 Å². The molecule has 0 amide bonds. The van der Waals surface area contributed by atoms with Gasteiger partial charge in [-0.15, -0.1) is 0 Å². The molecule has 0 aromatic heterocycles. The van der Waals surface area contributed by atoms with Crippen molar-refractivity contribution in [3.05, 3.63) is 34.4 Å². The maximum absolute atomic E-state index is 12.8. The fourth-order valence-corrected chi connectivity index (χ4v) is 1.43. The topological polar surface area (TPSA) is 76.1 Å². The Kier molecular flexibility index (Phi) is 3.93. The number of carbonyl (C=O) groups excluding carboxylic acids is 1. The number of alkyl halides is 3. The highest BCUT2D eigenvalue weighted by atomic mass is 19.4. The number of nitrogens with zero attached hydrogens (tertiary/aromatic N) is 1. The number of nitriles is 1. The molecule has 0 atom stereocenters. The van der Waals surface area contributed by atoms with E-state index in [-0.39, 0.29) is 17.7 Å². The molecule has 0 fully saturated rings. The van der Waals surface area contributed by atoms with Crippen LogP contribution < -0.4 is 5.73 Å². The highest BCUT2D eigenvalue weighted by molar-refractivity contribution is 5.92. The van der Waals surface area contributed by atoms with E-state index in [4.69, 9.17) is 11.0 Å². The van der Waals surface area contributed by atoms with Crippen LogP contribution in [-0.4, -0.2) is 13.1 Å². The standard InChI is InChI=1S/C11H9F3N2O2/c1-18-10(17)8-2-6(4-15)7(5-16)3-9(8)11(12,13)14/h2-3H,5,16H2,1H3. The van der Waals surface area contributed by atoms with Gasteiger partial charge in [-0.3, -0.25) is 0 Å². The fraction of sp³-hybridized carbons (Fsp3) is 0.273. The van der Waals surface area contributed by atoms with Crippen molar-refractivity contribution in [2.45, 2.75) is 12.7 Å². The van der Waals surface area contributed by atoms with E-state index in [1.54, 1.807) is 6.07 Å². The van der Waals surface area contributed by atoms with E-state index in [9.17, 15) is 18.0 Å². The lowest BCUT2D eigenvalue weighted by Gasteiger charge is -2.13. The molecule has 0 spiro atoms. The summed E-state index contributed by atoms with van der Waals surface area (Å²) >= 11 is 0. The summed E-state index contributed by atoms with van der Waals surface area (Å²) in [5, 5.41) is 8.78. The van der Waals surface area contributed by atoms with E-state index in [0.717, 1.165) is 13.2 Å². The molecule has 96 valence electrons. The summed E-state index contributed by atoms with van der Waals surface area (Å²) in [6.07, 6.45) is -4.72. The van der Waals surface area contributed by atoms with Crippen molar-refractivity contribution in [1.82, 2.24) is 0 Å². The molecular weight excluding hydrogens is 249 g/mol. The molecule has 0 saturated heterocycles. The lowest BCUT2D eigenvalue weighted by Crippen LogP contribution is -2.16. The van der Waals surface area contributed by atoms with Crippen LogP contribution in [0, 0.1) is 11.3 Å². The van der Waals surface area contributed by atoms with Gasteiger partial charge in [0, 0.05) is 6.54 Å². The van der Waals surface area contributed by atoms with E-state index < -0.39 is 23.3 Å². The van der Waals surface area contributed by atoms with Gasteiger partial charge in [0.05, 0.1) is 29.9 Å². The van der Waals surface area contributed by atoms with Crippen molar-refractivity contribution in [1.29, 1.82) is 5.26 Å². The van der Waals surface area contributed by atoms with Crippen LogP contribution in [0.4, 0.5) is 13.2 Å². The third kappa shape index (κ3) is 2.60. The number of esters is 1. The smallest absolute Gasteiger partial charge is 0.417 e. The Morgan fingerprint density at radius 1 is 1.50 bits per heavy atom. The first-order chi connectivity index (χ1) is 8.35. The quantitative estimate of drug-likeness (QED) is 0.821. The summed E-state index contributed by atoms with van der Waals surface area (Å²) in [5.74, 6) is -1.15. The first kappa shape index (κ1) is 14.0. The SMILES string of the molecule is COC(=O)c1cc(C#N)c(CN)cc1C(F)(F)F. The van der Waals surface area contributed by atoms with E-state index in [1.807, 2.05) is 0 Å². The first-order valence-corrected chi connectivity index (χ1v) is 4.77. The van der Waals surface area contributed by atoms with Gasteiger partial charge >= 0.3 is 12.1 Å². The highest BCUT2D eigenvalue weighted by Crippen LogP contribution is 2.34. The summed E-state index contributed by atoms with van der Waals surface area (Å²) in [4.78, 5) is 11.3. The molecule has 1 aromatic rings. The molecular formula is C11H9F3N2O2. The second kappa shape index (κ2) is 5.06. The summed E-state index contributed by atoms with van der Waals surface area (Å²) in [6.45, 7) is -0.229. The van der Waals surface area contributed by atoms with Crippen molar-refractivity contribution in [3.63, 3.8) is 0 Å². The van der Waals surface area contributed by atoms with E-state index in [2.05, 4.69) is 4.74 Å². The third-order valence-electron chi connectivity index (χ3n) is 2.29. The number of ether oxygens (including phenoxy) is 1. The molecule has 0 radical (unpaired) electrons. The maximum atomic E-state index is 12.8. The predicted molar refractivity (Wildman–Crippen MR) is 55.4 cm³/mol. The molecule has 18 heavy (non-hydrogen) atoms. The molecule has 0 aliphatic carbocycles. The molecule has 0 aliphatic heterocycles. The molecule has 1 rings (SSSR count). The summed E-state index contributed by atoms with van der Waals surface area (Å²) in [5.41, 5.74) is 3.36. The van der Waals surface area contributed by atoms with Crippen molar-refractivity contribution in [2.75, 3.05) is 7.11 Å². The van der Waals surface area contributed by atoms with Gasteiger partial charge < -0.3 is 10.5 Å². The fourth-order valence-electron chi connectivity index (χ4n) is 1.43. The van der Waals surface area contributed by atoms with E-state index in [1.165, 1.54) is 0 Å². The number of halogens is 3. The Hall–Kier alpha value is -2.07. The van der Waals surface area contributed by atoms with Gasteiger partial charge in [-0.25, -0.2) is 4.79 Å². The number of carbonyl (C=O) groups is 1. The second-order valence-corrected chi connectivity index (χ2v) is 3.36. The molecule has 0 saturated carbocycles. The Balaban J connectivity index is 3.58. The lowest BCUT2D eigenvalue weighted by molar-refractivity contribution is -0.138. The average molecular weight is 258 g/mol. The van der Waals surface area contributed by atoms with Crippen LogP contribution >= 0.6 is 0 Å². The van der Waals surface area contributed by atoms with Crippen molar-refractivity contribution >= 4 is 5.97 Å².